The van der Waals surface area contributed by atoms with E-state index in [1.54, 1.807) is 6.92 Å². The van der Waals surface area contributed by atoms with E-state index in [1.165, 1.54) is 0 Å². The van der Waals surface area contributed by atoms with Crippen molar-refractivity contribution >= 4 is 11.8 Å². The molecule has 0 unspecified atom stereocenters. The summed E-state index contributed by atoms with van der Waals surface area (Å²) in [6, 6.07) is 8.99. The molecule has 0 spiro atoms. The van der Waals surface area contributed by atoms with Crippen molar-refractivity contribution in [2.45, 2.75) is 25.8 Å². The second-order valence-corrected chi connectivity index (χ2v) is 3.69. The molecule has 3 N–H and O–H groups in total. The van der Waals surface area contributed by atoms with Crippen molar-refractivity contribution < 1.29 is 9.59 Å². The molecule has 1 atom stereocenters. The topological polar surface area (TPSA) is 72.2 Å². The molecule has 16 heavy (non-hydrogen) atoms. The number of rotatable bonds is 4. The predicted octanol–water partition coefficient (Wildman–Crippen LogP) is 0.609. The van der Waals surface area contributed by atoms with Crippen molar-refractivity contribution in [3.63, 3.8) is 0 Å². The lowest BCUT2D eigenvalue weighted by molar-refractivity contribution is -0.130. The number of hydrogen-bond donors (Lipinski definition) is 2. The zero-order valence-electron chi connectivity index (χ0n) is 9.27. The lowest BCUT2D eigenvalue weighted by Crippen LogP contribution is -2.41. The van der Waals surface area contributed by atoms with Crippen LogP contribution in [0.15, 0.2) is 30.3 Å². The summed E-state index contributed by atoms with van der Waals surface area (Å²) < 4.78 is 0. The highest BCUT2D eigenvalue weighted by Crippen LogP contribution is 2.01. The Balaban J connectivity index is 2.34. The third-order valence-electron chi connectivity index (χ3n) is 2.16. The first-order valence-electron chi connectivity index (χ1n) is 5.23. The Hall–Kier alpha value is -1.68. The number of benzene rings is 1. The Morgan fingerprint density at radius 1 is 1.31 bits per heavy atom. The highest BCUT2D eigenvalue weighted by Gasteiger charge is 2.11. The van der Waals surface area contributed by atoms with Crippen LogP contribution in [0.25, 0.3) is 0 Å². The maximum atomic E-state index is 11.3. The van der Waals surface area contributed by atoms with E-state index >= 15 is 0 Å². The molecule has 0 fully saturated rings. The summed E-state index contributed by atoms with van der Waals surface area (Å²) in [7, 11) is 0. The van der Waals surface area contributed by atoms with Gasteiger partial charge in [0.25, 0.3) is 0 Å². The van der Waals surface area contributed by atoms with E-state index < -0.39 is 11.9 Å². The fraction of sp³-hybridized carbons (Fsp3) is 0.333. The van der Waals surface area contributed by atoms with E-state index in [4.69, 9.17) is 5.73 Å². The normalized spacial score (nSPS) is 11.9. The summed E-state index contributed by atoms with van der Waals surface area (Å²) in [6.45, 7) is 1.54. The number of carbonyl (C=O) groups excluding carboxylic acids is 2. The maximum absolute atomic E-state index is 11.3. The molecule has 1 aromatic rings. The van der Waals surface area contributed by atoms with E-state index in [2.05, 4.69) is 5.32 Å². The van der Waals surface area contributed by atoms with Gasteiger partial charge in [-0.15, -0.1) is 0 Å². The van der Waals surface area contributed by atoms with E-state index in [0.29, 0.717) is 12.8 Å². The third-order valence-corrected chi connectivity index (χ3v) is 2.16. The maximum Gasteiger partial charge on any atom is 0.243 e. The third kappa shape index (κ3) is 4.23. The van der Waals surface area contributed by atoms with Crippen molar-refractivity contribution in [1.82, 2.24) is 5.32 Å². The molecule has 4 nitrogen and oxygen atoms in total. The Labute approximate surface area is 94.8 Å². The summed E-state index contributed by atoms with van der Waals surface area (Å²) in [5, 5.41) is 2.25. The van der Waals surface area contributed by atoms with Gasteiger partial charge in [0.2, 0.25) is 11.8 Å². The Morgan fingerprint density at radius 3 is 2.50 bits per heavy atom. The number of imide groups is 1. The Bertz CT molecular complexity index is 361. The van der Waals surface area contributed by atoms with Gasteiger partial charge in [-0.1, -0.05) is 30.3 Å². The summed E-state index contributed by atoms with van der Waals surface area (Å²) in [5.41, 5.74) is 6.40. The minimum atomic E-state index is -0.652. The minimum Gasteiger partial charge on any atom is -0.320 e. The lowest BCUT2D eigenvalue weighted by Gasteiger charge is -2.06. The molecule has 0 saturated carbocycles. The molecule has 4 heteroatoms. The molecule has 0 aromatic heterocycles. The van der Waals surface area contributed by atoms with Crippen LogP contribution < -0.4 is 11.1 Å². The van der Waals surface area contributed by atoms with E-state index in [0.717, 1.165) is 5.56 Å². The lowest BCUT2D eigenvalue weighted by atomic mass is 10.1. The molecule has 0 radical (unpaired) electrons. The second kappa shape index (κ2) is 6.02. The zero-order chi connectivity index (χ0) is 12.0. The molecule has 0 saturated heterocycles. The number of nitrogens with two attached hydrogens (primary N) is 1. The van der Waals surface area contributed by atoms with Crippen LogP contribution in [0.5, 0.6) is 0 Å². The molecule has 0 aliphatic heterocycles. The van der Waals surface area contributed by atoms with Gasteiger partial charge < -0.3 is 5.73 Å². The van der Waals surface area contributed by atoms with Gasteiger partial charge in [0, 0.05) is 6.42 Å². The molecule has 2 amide bonds. The first-order valence-corrected chi connectivity index (χ1v) is 5.23. The molecule has 0 bridgehead atoms. The summed E-state index contributed by atoms with van der Waals surface area (Å²) in [5.74, 6) is -0.718. The fourth-order valence-electron chi connectivity index (χ4n) is 1.22. The van der Waals surface area contributed by atoms with Gasteiger partial charge in [-0.2, -0.15) is 0 Å². The summed E-state index contributed by atoms with van der Waals surface area (Å²) in [6.07, 6.45) is 0.918. The first-order chi connectivity index (χ1) is 7.59. The number of amides is 2. The van der Waals surface area contributed by atoms with Gasteiger partial charge in [0.15, 0.2) is 0 Å². The van der Waals surface area contributed by atoms with Gasteiger partial charge in [-0.05, 0) is 18.9 Å². The van der Waals surface area contributed by atoms with Crippen LogP contribution in [-0.4, -0.2) is 17.9 Å². The monoisotopic (exact) mass is 220 g/mol. The Kier molecular flexibility index (Phi) is 4.66. The number of carbonyl (C=O) groups is 2. The highest BCUT2D eigenvalue weighted by atomic mass is 16.2. The Morgan fingerprint density at radius 2 is 1.94 bits per heavy atom. The summed E-state index contributed by atoms with van der Waals surface area (Å²) >= 11 is 0. The van der Waals surface area contributed by atoms with Gasteiger partial charge >= 0.3 is 0 Å². The van der Waals surface area contributed by atoms with Crippen LogP contribution >= 0.6 is 0 Å². The largest absolute Gasteiger partial charge is 0.320 e. The van der Waals surface area contributed by atoms with Gasteiger partial charge in [-0.25, -0.2) is 0 Å². The van der Waals surface area contributed by atoms with Crippen LogP contribution in [0.2, 0.25) is 0 Å². The molecule has 1 rings (SSSR count). The van der Waals surface area contributed by atoms with Crippen molar-refractivity contribution in [3.8, 4) is 0 Å². The molecule has 0 aliphatic carbocycles. The van der Waals surface area contributed by atoms with Gasteiger partial charge in [0.05, 0.1) is 6.04 Å². The highest BCUT2D eigenvalue weighted by molar-refractivity contribution is 5.97. The SMILES string of the molecule is C[C@@H](N)C(=O)NC(=O)CCc1ccccc1. The van der Waals surface area contributed by atoms with Crippen molar-refractivity contribution in [1.29, 1.82) is 0 Å². The van der Waals surface area contributed by atoms with E-state index in [1.807, 2.05) is 30.3 Å². The van der Waals surface area contributed by atoms with Crippen LogP contribution in [0.4, 0.5) is 0 Å². The van der Waals surface area contributed by atoms with E-state index in [9.17, 15) is 9.59 Å². The van der Waals surface area contributed by atoms with Crippen LogP contribution in [0.3, 0.4) is 0 Å². The van der Waals surface area contributed by atoms with Crippen molar-refractivity contribution in [3.05, 3.63) is 35.9 Å². The van der Waals surface area contributed by atoms with Gasteiger partial charge in [-0.3, -0.25) is 14.9 Å². The van der Waals surface area contributed by atoms with Crippen LogP contribution in [-0.2, 0) is 16.0 Å². The zero-order valence-corrected chi connectivity index (χ0v) is 9.27. The first kappa shape index (κ1) is 12.4. The number of aryl methyl sites for hydroxylation is 1. The standard InChI is InChI=1S/C12H16N2O2/c1-9(13)12(16)14-11(15)8-7-10-5-3-2-4-6-10/h2-6,9H,7-8,13H2,1H3,(H,14,15,16)/t9-/m1/s1. The summed E-state index contributed by atoms with van der Waals surface area (Å²) in [4.78, 5) is 22.5. The van der Waals surface area contributed by atoms with Crippen molar-refractivity contribution in [2.75, 3.05) is 0 Å². The van der Waals surface area contributed by atoms with Crippen molar-refractivity contribution in [2.24, 2.45) is 5.73 Å². The molecule has 86 valence electrons. The van der Waals surface area contributed by atoms with Crippen LogP contribution in [0, 0.1) is 0 Å². The number of nitrogens with one attached hydrogen (secondary N) is 1. The smallest absolute Gasteiger partial charge is 0.243 e. The van der Waals surface area contributed by atoms with E-state index in [-0.39, 0.29) is 5.91 Å². The molecule has 1 aromatic carbocycles. The van der Waals surface area contributed by atoms with Crippen LogP contribution in [0.1, 0.15) is 18.9 Å². The quantitative estimate of drug-likeness (QED) is 0.780. The fourth-order valence-corrected chi connectivity index (χ4v) is 1.22. The molecular weight excluding hydrogens is 204 g/mol. The van der Waals surface area contributed by atoms with Gasteiger partial charge in [0.1, 0.15) is 0 Å². The average molecular weight is 220 g/mol. The number of hydrogen-bond acceptors (Lipinski definition) is 3. The molecule has 0 heterocycles. The second-order valence-electron chi connectivity index (χ2n) is 3.69. The predicted molar refractivity (Wildman–Crippen MR) is 61.6 cm³/mol. The minimum absolute atomic E-state index is 0.286. The molecular formula is C12H16N2O2. The molecule has 0 aliphatic rings. The average Bonchev–Trinajstić information content (AvgIpc) is 2.27.